The first kappa shape index (κ1) is 28.0. The third-order valence-electron chi connectivity index (χ3n) is 5.76. The molecule has 0 fully saturated rings. The predicted octanol–water partition coefficient (Wildman–Crippen LogP) is -1.10. The predicted molar refractivity (Wildman–Crippen MR) is 120 cm³/mol. The van der Waals surface area contributed by atoms with Gasteiger partial charge >= 0.3 is 5.97 Å². The normalized spacial score (nSPS) is 16.5. The minimum atomic E-state index is -1.34. The second-order valence-electron chi connectivity index (χ2n) is 8.21. The highest BCUT2D eigenvalue weighted by atomic mass is 16.4. The Labute approximate surface area is 193 Å². The molecule has 186 valence electrons. The number of aliphatic carboxylic acids is 1. The fourth-order valence-electron chi connectivity index (χ4n) is 3.01. The Kier molecular flexibility index (Phi) is 11.5. The summed E-state index contributed by atoms with van der Waals surface area (Å²) >= 11 is 0. The van der Waals surface area contributed by atoms with Gasteiger partial charge in [-0.1, -0.05) is 40.5 Å². The topological polar surface area (TPSA) is 200 Å². The molecule has 0 bridgehead atoms. The summed E-state index contributed by atoms with van der Waals surface area (Å²) in [4.78, 5) is 56.3. The van der Waals surface area contributed by atoms with Gasteiger partial charge in [0.05, 0.1) is 19.0 Å². The van der Waals surface area contributed by atoms with Crippen LogP contribution in [0, 0.1) is 11.8 Å². The van der Waals surface area contributed by atoms with Crippen LogP contribution in [-0.2, 0) is 25.6 Å². The summed E-state index contributed by atoms with van der Waals surface area (Å²) in [5.74, 6) is -3.80. The zero-order chi connectivity index (χ0) is 25.1. The number of carbonyl (C=O) groups excluding carboxylic acids is 3. The molecule has 0 aliphatic heterocycles. The van der Waals surface area contributed by atoms with E-state index in [0.717, 1.165) is 0 Å². The SMILES string of the molecule is CCC(C)C(N)C(=O)NC(CO)C(=O)NC(Cc1cnc[nH]1)C(=O)NC(C(=O)O)C(C)CC. The van der Waals surface area contributed by atoms with Gasteiger partial charge < -0.3 is 36.9 Å². The van der Waals surface area contributed by atoms with Gasteiger partial charge in [-0.05, 0) is 11.8 Å². The molecule has 0 spiro atoms. The average molecular weight is 469 g/mol. The molecule has 1 aromatic rings. The van der Waals surface area contributed by atoms with Crippen molar-refractivity contribution in [2.75, 3.05) is 6.61 Å². The summed E-state index contributed by atoms with van der Waals surface area (Å²) in [6.07, 6.45) is 4.02. The number of aromatic amines is 1. The number of amides is 3. The molecule has 3 amide bonds. The van der Waals surface area contributed by atoms with Crippen LogP contribution in [0.5, 0.6) is 0 Å². The Morgan fingerprint density at radius 3 is 2.06 bits per heavy atom. The summed E-state index contributed by atoms with van der Waals surface area (Å²) in [6.45, 7) is 6.44. The molecule has 12 nitrogen and oxygen atoms in total. The van der Waals surface area contributed by atoms with Crippen molar-refractivity contribution in [1.82, 2.24) is 25.9 Å². The molecule has 0 aliphatic rings. The van der Waals surface area contributed by atoms with Gasteiger partial charge in [-0.15, -0.1) is 0 Å². The highest BCUT2D eigenvalue weighted by Crippen LogP contribution is 2.10. The van der Waals surface area contributed by atoms with E-state index in [2.05, 4.69) is 25.9 Å². The third kappa shape index (κ3) is 8.46. The van der Waals surface area contributed by atoms with Crippen LogP contribution in [0.3, 0.4) is 0 Å². The minimum absolute atomic E-state index is 0.0110. The Hall–Kier alpha value is -2.99. The smallest absolute Gasteiger partial charge is 0.326 e. The summed E-state index contributed by atoms with van der Waals surface area (Å²) < 4.78 is 0. The van der Waals surface area contributed by atoms with Gasteiger partial charge in [0.25, 0.3) is 0 Å². The number of carboxylic acids is 1. The number of rotatable bonds is 14. The van der Waals surface area contributed by atoms with Gasteiger partial charge in [-0.3, -0.25) is 14.4 Å². The third-order valence-corrected chi connectivity index (χ3v) is 5.76. The number of imidazole rings is 1. The molecule has 6 unspecified atom stereocenters. The van der Waals surface area contributed by atoms with Crippen LogP contribution in [0.15, 0.2) is 12.5 Å². The molecule has 6 atom stereocenters. The Balaban J connectivity index is 2.99. The first-order valence-corrected chi connectivity index (χ1v) is 11.0. The monoisotopic (exact) mass is 468 g/mol. The van der Waals surface area contributed by atoms with Crippen LogP contribution < -0.4 is 21.7 Å². The summed E-state index contributed by atoms with van der Waals surface area (Å²) in [7, 11) is 0. The molecular weight excluding hydrogens is 432 g/mol. The number of aromatic nitrogens is 2. The van der Waals surface area contributed by atoms with E-state index in [-0.39, 0.29) is 18.3 Å². The van der Waals surface area contributed by atoms with Crippen LogP contribution in [0.2, 0.25) is 0 Å². The van der Waals surface area contributed by atoms with Crippen molar-refractivity contribution in [1.29, 1.82) is 0 Å². The van der Waals surface area contributed by atoms with Crippen LogP contribution in [0.1, 0.15) is 46.2 Å². The van der Waals surface area contributed by atoms with Crippen LogP contribution in [-0.4, -0.2) is 74.6 Å². The molecule has 1 heterocycles. The van der Waals surface area contributed by atoms with E-state index in [1.807, 2.05) is 6.92 Å². The number of nitrogens with one attached hydrogen (secondary N) is 4. The lowest BCUT2D eigenvalue weighted by Gasteiger charge is -2.26. The summed E-state index contributed by atoms with van der Waals surface area (Å²) in [6, 6.07) is -4.54. The molecule has 0 saturated carbocycles. The second kappa shape index (κ2) is 13.5. The molecular formula is C21H36N6O6. The lowest BCUT2D eigenvalue weighted by Crippen LogP contribution is -2.59. The molecule has 12 heteroatoms. The van der Waals surface area contributed by atoms with Crippen molar-refractivity contribution < 1.29 is 29.4 Å². The Morgan fingerprint density at radius 1 is 1.00 bits per heavy atom. The van der Waals surface area contributed by atoms with Gasteiger partial charge in [0.15, 0.2) is 0 Å². The molecule has 0 aliphatic carbocycles. The van der Waals surface area contributed by atoms with Crippen molar-refractivity contribution in [2.45, 2.75) is 71.1 Å². The van der Waals surface area contributed by atoms with E-state index in [4.69, 9.17) is 5.73 Å². The summed E-state index contributed by atoms with van der Waals surface area (Å²) in [5, 5.41) is 26.5. The number of H-pyrrole nitrogens is 1. The number of carboxylic acid groups (broad SMARTS) is 1. The zero-order valence-electron chi connectivity index (χ0n) is 19.5. The Morgan fingerprint density at radius 2 is 1.58 bits per heavy atom. The lowest BCUT2D eigenvalue weighted by molar-refractivity contribution is -0.143. The average Bonchev–Trinajstić information content (AvgIpc) is 3.31. The highest BCUT2D eigenvalue weighted by Gasteiger charge is 2.32. The summed E-state index contributed by atoms with van der Waals surface area (Å²) in [5.41, 5.74) is 6.41. The number of hydrogen-bond donors (Lipinski definition) is 7. The molecule has 0 radical (unpaired) electrons. The maximum absolute atomic E-state index is 12.9. The highest BCUT2D eigenvalue weighted by molar-refractivity contribution is 5.94. The van der Waals surface area contributed by atoms with Crippen molar-refractivity contribution in [3.63, 3.8) is 0 Å². The molecule has 0 saturated heterocycles. The number of nitrogens with two attached hydrogens (primary N) is 1. The Bertz CT molecular complexity index is 786. The van der Waals surface area contributed by atoms with E-state index in [9.17, 15) is 29.4 Å². The van der Waals surface area contributed by atoms with Gasteiger partial charge in [0.1, 0.15) is 18.1 Å². The quantitative estimate of drug-likeness (QED) is 0.178. The molecule has 33 heavy (non-hydrogen) atoms. The maximum atomic E-state index is 12.9. The minimum Gasteiger partial charge on any atom is -0.480 e. The fraction of sp³-hybridized carbons (Fsp3) is 0.667. The van der Waals surface area contributed by atoms with Gasteiger partial charge in [-0.25, -0.2) is 9.78 Å². The van der Waals surface area contributed by atoms with Crippen LogP contribution >= 0.6 is 0 Å². The first-order valence-electron chi connectivity index (χ1n) is 11.0. The zero-order valence-corrected chi connectivity index (χ0v) is 19.5. The second-order valence-corrected chi connectivity index (χ2v) is 8.21. The lowest BCUT2D eigenvalue weighted by atomic mass is 9.98. The number of aliphatic hydroxyl groups is 1. The van der Waals surface area contributed by atoms with E-state index in [1.165, 1.54) is 12.5 Å². The van der Waals surface area contributed by atoms with E-state index < -0.39 is 54.5 Å². The van der Waals surface area contributed by atoms with Crippen LogP contribution in [0.25, 0.3) is 0 Å². The van der Waals surface area contributed by atoms with Crippen molar-refractivity contribution in [3.05, 3.63) is 18.2 Å². The van der Waals surface area contributed by atoms with Gasteiger partial charge in [0.2, 0.25) is 17.7 Å². The standard InChI is InChI=1S/C21H36N6O6/c1-5-11(3)16(22)20(31)26-15(9-28)19(30)25-14(7-13-8-23-10-24-13)18(29)27-17(21(32)33)12(4)6-2/h8,10-12,14-17,28H,5-7,9,22H2,1-4H3,(H,23,24)(H,25,30)(H,26,31)(H,27,29)(H,32,33). The molecule has 1 aromatic heterocycles. The number of hydrogen-bond acceptors (Lipinski definition) is 7. The van der Waals surface area contributed by atoms with Crippen molar-refractivity contribution in [3.8, 4) is 0 Å². The largest absolute Gasteiger partial charge is 0.480 e. The molecule has 0 aromatic carbocycles. The van der Waals surface area contributed by atoms with E-state index in [1.54, 1.807) is 20.8 Å². The first-order chi connectivity index (χ1) is 15.5. The number of nitrogens with zero attached hydrogens (tertiary/aromatic N) is 1. The van der Waals surface area contributed by atoms with E-state index >= 15 is 0 Å². The van der Waals surface area contributed by atoms with E-state index in [0.29, 0.717) is 18.5 Å². The van der Waals surface area contributed by atoms with Crippen molar-refractivity contribution in [2.24, 2.45) is 17.6 Å². The number of aliphatic hydroxyl groups excluding tert-OH is 1. The number of carbonyl (C=O) groups is 4. The van der Waals surface area contributed by atoms with Crippen LogP contribution in [0.4, 0.5) is 0 Å². The van der Waals surface area contributed by atoms with Gasteiger partial charge in [0, 0.05) is 18.3 Å². The fourth-order valence-corrected chi connectivity index (χ4v) is 3.01. The van der Waals surface area contributed by atoms with Crippen molar-refractivity contribution >= 4 is 23.7 Å². The maximum Gasteiger partial charge on any atom is 0.326 e. The molecule has 8 N–H and O–H groups in total. The molecule has 1 rings (SSSR count). The van der Waals surface area contributed by atoms with Gasteiger partial charge in [-0.2, -0.15) is 0 Å².